The van der Waals surface area contributed by atoms with E-state index in [1.165, 1.54) is 0 Å². The predicted molar refractivity (Wildman–Crippen MR) is 50.5 cm³/mol. The van der Waals surface area contributed by atoms with E-state index in [2.05, 4.69) is 0 Å². The van der Waals surface area contributed by atoms with Crippen molar-refractivity contribution < 1.29 is 20.4 Å². The molecule has 0 aliphatic carbocycles. The highest BCUT2D eigenvalue weighted by molar-refractivity contribution is 5.26. The molecule has 0 bridgehead atoms. The van der Waals surface area contributed by atoms with Crippen molar-refractivity contribution in [2.24, 2.45) is 0 Å². The first kappa shape index (κ1) is 11.1. The van der Waals surface area contributed by atoms with Gasteiger partial charge in [0.25, 0.3) is 0 Å². The Bertz CT molecular complexity index is 262. The largest absolute Gasteiger partial charge is 0.393 e. The minimum Gasteiger partial charge on any atom is -0.393 e. The average molecular weight is 198 g/mol. The molecule has 0 heterocycles. The van der Waals surface area contributed by atoms with Crippen molar-refractivity contribution in [1.29, 1.82) is 0 Å². The van der Waals surface area contributed by atoms with E-state index < -0.39 is 12.2 Å². The maximum absolute atomic E-state index is 9.31. The molecule has 1 aromatic rings. The highest BCUT2D eigenvalue weighted by Gasteiger charge is 2.10. The topological polar surface area (TPSA) is 80.9 Å². The molecule has 0 aromatic heterocycles. The van der Waals surface area contributed by atoms with Crippen LogP contribution in [0.25, 0.3) is 0 Å². The number of rotatable bonds is 4. The molecule has 4 nitrogen and oxygen atoms in total. The summed E-state index contributed by atoms with van der Waals surface area (Å²) in [5.41, 5.74) is 1.05. The van der Waals surface area contributed by atoms with E-state index in [4.69, 9.17) is 10.2 Å². The van der Waals surface area contributed by atoms with Crippen LogP contribution in [0, 0.1) is 0 Å². The van der Waals surface area contributed by atoms with Gasteiger partial charge in [-0.1, -0.05) is 24.3 Å². The Hall–Kier alpha value is -0.940. The van der Waals surface area contributed by atoms with E-state index in [1.54, 1.807) is 24.3 Å². The third-order valence-electron chi connectivity index (χ3n) is 2.03. The Morgan fingerprint density at radius 3 is 1.71 bits per heavy atom. The number of benzene rings is 1. The second kappa shape index (κ2) is 5.07. The monoisotopic (exact) mass is 198 g/mol. The Balaban J connectivity index is 2.89. The molecular weight excluding hydrogens is 184 g/mol. The molecule has 1 aromatic carbocycles. The molecule has 0 saturated heterocycles. The number of aliphatic hydroxyl groups is 4. The second-order valence-corrected chi connectivity index (χ2v) is 3.07. The molecule has 1 rings (SSSR count). The zero-order valence-corrected chi connectivity index (χ0v) is 7.67. The van der Waals surface area contributed by atoms with E-state index in [9.17, 15) is 10.2 Å². The van der Waals surface area contributed by atoms with Crippen molar-refractivity contribution >= 4 is 0 Å². The maximum atomic E-state index is 9.31. The lowest BCUT2D eigenvalue weighted by molar-refractivity contribution is 0.0905. The van der Waals surface area contributed by atoms with Crippen LogP contribution < -0.4 is 0 Å². The smallest absolute Gasteiger partial charge is 0.102 e. The number of hydrogen-bond acceptors (Lipinski definition) is 4. The van der Waals surface area contributed by atoms with E-state index >= 15 is 0 Å². The van der Waals surface area contributed by atoms with Gasteiger partial charge in [0, 0.05) is 0 Å². The summed E-state index contributed by atoms with van der Waals surface area (Å²) in [7, 11) is 0. The molecule has 2 atom stereocenters. The van der Waals surface area contributed by atoms with Crippen LogP contribution in [0.3, 0.4) is 0 Å². The van der Waals surface area contributed by atoms with Crippen molar-refractivity contribution in [3.63, 3.8) is 0 Å². The lowest BCUT2D eigenvalue weighted by Crippen LogP contribution is -2.06. The van der Waals surface area contributed by atoms with E-state index in [-0.39, 0.29) is 13.2 Å². The highest BCUT2D eigenvalue weighted by Crippen LogP contribution is 2.18. The van der Waals surface area contributed by atoms with Crippen LogP contribution in [-0.2, 0) is 0 Å². The van der Waals surface area contributed by atoms with Gasteiger partial charge < -0.3 is 20.4 Å². The molecule has 0 radical (unpaired) electrons. The minimum absolute atomic E-state index is 0.362. The Morgan fingerprint density at radius 2 is 1.36 bits per heavy atom. The van der Waals surface area contributed by atoms with Crippen molar-refractivity contribution in [1.82, 2.24) is 0 Å². The molecule has 4 heteroatoms. The number of aliphatic hydroxyl groups excluding tert-OH is 4. The highest BCUT2D eigenvalue weighted by atomic mass is 16.3. The zero-order valence-electron chi connectivity index (χ0n) is 7.67. The van der Waals surface area contributed by atoms with Gasteiger partial charge >= 0.3 is 0 Å². The predicted octanol–water partition coefficient (Wildman–Crippen LogP) is -0.262. The van der Waals surface area contributed by atoms with Gasteiger partial charge in [-0.2, -0.15) is 0 Å². The normalized spacial score (nSPS) is 15.1. The Kier molecular flexibility index (Phi) is 4.03. The van der Waals surface area contributed by atoms with E-state index in [1.807, 2.05) is 0 Å². The van der Waals surface area contributed by atoms with Crippen molar-refractivity contribution in [2.45, 2.75) is 12.2 Å². The summed E-state index contributed by atoms with van der Waals surface area (Å²) < 4.78 is 0. The quantitative estimate of drug-likeness (QED) is 0.537. The molecule has 0 saturated carbocycles. The molecular formula is C10H14O4. The molecule has 0 spiro atoms. The van der Waals surface area contributed by atoms with E-state index in [0.717, 1.165) is 0 Å². The standard InChI is InChI=1S/C10H14O4/c11-5-9(13)7-2-1-3-8(4-7)10(14)6-12/h1-4,9-14H,5-6H2. The van der Waals surface area contributed by atoms with Gasteiger partial charge in [-0.25, -0.2) is 0 Å². The molecule has 2 unspecified atom stereocenters. The summed E-state index contributed by atoms with van der Waals surface area (Å²) in [5.74, 6) is 0. The molecule has 4 N–H and O–H groups in total. The van der Waals surface area contributed by atoms with Gasteiger partial charge in [-0.15, -0.1) is 0 Å². The number of hydrogen-bond donors (Lipinski definition) is 4. The summed E-state index contributed by atoms with van der Waals surface area (Å²) in [5, 5.41) is 36.1. The Morgan fingerprint density at radius 1 is 0.929 bits per heavy atom. The fourth-order valence-electron chi connectivity index (χ4n) is 1.18. The van der Waals surface area contributed by atoms with Crippen LogP contribution in [0.1, 0.15) is 23.3 Å². The van der Waals surface area contributed by atoms with Crippen LogP contribution in [0.4, 0.5) is 0 Å². The lowest BCUT2D eigenvalue weighted by atomic mass is 10.0. The van der Waals surface area contributed by atoms with Crippen molar-refractivity contribution in [3.8, 4) is 0 Å². The summed E-state index contributed by atoms with van der Waals surface area (Å²) in [6.45, 7) is -0.725. The molecule has 78 valence electrons. The summed E-state index contributed by atoms with van der Waals surface area (Å²) >= 11 is 0. The first-order valence-corrected chi connectivity index (χ1v) is 4.36. The summed E-state index contributed by atoms with van der Waals surface area (Å²) in [6, 6.07) is 6.51. The van der Waals surface area contributed by atoms with Gasteiger partial charge in [0.05, 0.1) is 13.2 Å². The fraction of sp³-hybridized carbons (Fsp3) is 0.400. The van der Waals surface area contributed by atoms with Gasteiger partial charge in [0.15, 0.2) is 0 Å². The molecule has 0 fully saturated rings. The van der Waals surface area contributed by atoms with Crippen molar-refractivity contribution in [3.05, 3.63) is 35.4 Å². The summed E-state index contributed by atoms with van der Waals surface area (Å²) in [6.07, 6.45) is -1.89. The second-order valence-electron chi connectivity index (χ2n) is 3.07. The molecule has 14 heavy (non-hydrogen) atoms. The fourth-order valence-corrected chi connectivity index (χ4v) is 1.18. The van der Waals surface area contributed by atoms with E-state index in [0.29, 0.717) is 11.1 Å². The Labute approximate surface area is 82.1 Å². The van der Waals surface area contributed by atoms with Crippen LogP contribution in [-0.4, -0.2) is 33.6 Å². The van der Waals surface area contributed by atoms with Gasteiger partial charge in [0.2, 0.25) is 0 Å². The SMILES string of the molecule is OCC(O)c1cccc(C(O)CO)c1. The maximum Gasteiger partial charge on any atom is 0.102 e. The van der Waals surface area contributed by atoms with Crippen LogP contribution in [0.5, 0.6) is 0 Å². The van der Waals surface area contributed by atoms with Crippen molar-refractivity contribution in [2.75, 3.05) is 13.2 Å². The van der Waals surface area contributed by atoms with Gasteiger partial charge in [0.1, 0.15) is 12.2 Å². The van der Waals surface area contributed by atoms with Gasteiger partial charge in [-0.05, 0) is 11.1 Å². The third-order valence-corrected chi connectivity index (χ3v) is 2.03. The molecule has 0 aliphatic rings. The molecule has 0 amide bonds. The summed E-state index contributed by atoms with van der Waals surface area (Å²) in [4.78, 5) is 0. The first-order valence-electron chi connectivity index (χ1n) is 4.36. The average Bonchev–Trinajstić information content (AvgIpc) is 2.27. The third kappa shape index (κ3) is 2.52. The van der Waals surface area contributed by atoms with Crippen LogP contribution in [0.2, 0.25) is 0 Å². The zero-order chi connectivity index (χ0) is 10.6. The van der Waals surface area contributed by atoms with Crippen LogP contribution >= 0.6 is 0 Å². The van der Waals surface area contributed by atoms with Gasteiger partial charge in [-0.3, -0.25) is 0 Å². The lowest BCUT2D eigenvalue weighted by Gasteiger charge is -2.12. The minimum atomic E-state index is -0.944. The first-order chi connectivity index (χ1) is 6.69. The molecule has 0 aliphatic heterocycles. The van der Waals surface area contributed by atoms with Crippen LogP contribution in [0.15, 0.2) is 24.3 Å².